The number of carbonyl (C=O) groups excluding carboxylic acids is 1. The molecular weight excluding hydrogens is 459 g/mol. The second kappa shape index (κ2) is 9.36. The first-order chi connectivity index (χ1) is 16.8. The maximum atomic E-state index is 13.9. The molecule has 2 aromatic heterocycles. The van der Waals surface area contributed by atoms with Crippen molar-refractivity contribution in [3.05, 3.63) is 64.7 Å². The molecule has 1 saturated carbocycles. The summed E-state index contributed by atoms with van der Waals surface area (Å²) in [6.45, 7) is 1.00. The second-order valence-electron chi connectivity index (χ2n) is 9.58. The summed E-state index contributed by atoms with van der Waals surface area (Å²) in [5.74, 6) is -4.86. The Balaban J connectivity index is 1.38. The summed E-state index contributed by atoms with van der Waals surface area (Å²) < 4.78 is 43.0. The number of halogens is 3. The molecule has 0 radical (unpaired) electrons. The van der Waals surface area contributed by atoms with Crippen LogP contribution in [-0.2, 0) is 29.1 Å². The summed E-state index contributed by atoms with van der Waals surface area (Å²) in [4.78, 5) is 30.6. The minimum Gasteiger partial charge on any atom is -0.481 e. The monoisotopic (exact) mass is 485 g/mol. The van der Waals surface area contributed by atoms with E-state index < -0.39 is 23.4 Å². The number of aromatic nitrogens is 2. The van der Waals surface area contributed by atoms with Crippen molar-refractivity contribution in [2.24, 2.45) is 11.8 Å². The maximum absolute atomic E-state index is 13.9. The molecule has 9 heteroatoms. The number of fused-ring (bicyclic) bond motifs is 3. The second-order valence-corrected chi connectivity index (χ2v) is 9.58. The van der Waals surface area contributed by atoms with E-state index in [9.17, 15) is 27.9 Å². The van der Waals surface area contributed by atoms with Crippen LogP contribution in [0.3, 0.4) is 0 Å². The van der Waals surface area contributed by atoms with Crippen molar-refractivity contribution in [2.75, 3.05) is 6.54 Å². The van der Waals surface area contributed by atoms with Gasteiger partial charge in [0.2, 0.25) is 5.91 Å². The molecule has 3 heterocycles. The van der Waals surface area contributed by atoms with Gasteiger partial charge in [-0.3, -0.25) is 9.59 Å². The minimum absolute atomic E-state index is 0.0260. The van der Waals surface area contributed by atoms with Crippen LogP contribution in [0.4, 0.5) is 13.2 Å². The van der Waals surface area contributed by atoms with E-state index in [1.807, 2.05) is 16.7 Å². The van der Waals surface area contributed by atoms with Crippen molar-refractivity contribution >= 4 is 22.9 Å². The van der Waals surface area contributed by atoms with Gasteiger partial charge in [-0.25, -0.2) is 18.2 Å². The lowest BCUT2D eigenvalue weighted by atomic mass is 9.80. The Kier molecular flexibility index (Phi) is 6.25. The van der Waals surface area contributed by atoms with E-state index in [1.54, 1.807) is 11.1 Å². The van der Waals surface area contributed by atoms with Crippen LogP contribution in [0, 0.1) is 29.3 Å². The first-order valence-electron chi connectivity index (χ1n) is 11.9. The fourth-order valence-corrected chi connectivity index (χ4v) is 5.51. The molecular formula is C26H26F3N3O3. The first-order valence-corrected chi connectivity index (χ1v) is 11.9. The molecule has 1 fully saturated rings. The maximum Gasteiger partial charge on any atom is 0.306 e. The number of rotatable bonds is 5. The van der Waals surface area contributed by atoms with Crippen LogP contribution in [0.15, 0.2) is 30.5 Å². The zero-order chi connectivity index (χ0) is 24.7. The highest BCUT2D eigenvalue weighted by Gasteiger charge is 2.31. The number of pyridine rings is 1. The summed E-state index contributed by atoms with van der Waals surface area (Å²) in [5, 5.41) is 10.1. The van der Waals surface area contributed by atoms with E-state index in [-0.39, 0.29) is 29.9 Å². The number of hydrogen-bond donors (Lipinski definition) is 1. The van der Waals surface area contributed by atoms with Crippen molar-refractivity contribution in [3.8, 4) is 0 Å². The van der Waals surface area contributed by atoms with Crippen LogP contribution in [0.5, 0.6) is 0 Å². The first kappa shape index (κ1) is 23.4. The molecule has 6 nitrogen and oxygen atoms in total. The number of carbonyl (C=O) groups is 2. The third kappa shape index (κ3) is 4.51. The summed E-state index contributed by atoms with van der Waals surface area (Å²) in [6.07, 6.45) is 5.32. The molecule has 2 aliphatic rings. The molecule has 1 aliphatic heterocycles. The van der Waals surface area contributed by atoms with Crippen LogP contribution < -0.4 is 0 Å². The Morgan fingerprint density at radius 2 is 1.80 bits per heavy atom. The highest BCUT2D eigenvalue weighted by Crippen LogP contribution is 2.34. The lowest BCUT2D eigenvalue weighted by Gasteiger charge is -2.31. The highest BCUT2D eigenvalue weighted by molar-refractivity contribution is 5.84. The van der Waals surface area contributed by atoms with Gasteiger partial charge in [-0.15, -0.1) is 0 Å². The van der Waals surface area contributed by atoms with Crippen molar-refractivity contribution in [3.63, 3.8) is 0 Å². The standard InChI is InChI=1S/C26H26F3N3O3/c27-20-10-16(11-21(28)24(20)29)13-32-22-14-31(9-7-18(22)19-2-1-8-30-25(19)32)23(33)12-15-3-5-17(6-4-15)26(34)35/h1-2,8,10-11,15,17H,3-7,9,12-14H2,(H,34,35)/t15-,17-. The molecule has 1 N–H and O–H groups in total. The van der Waals surface area contributed by atoms with Crippen LogP contribution in [0.2, 0.25) is 0 Å². The average molecular weight is 486 g/mol. The third-order valence-electron chi connectivity index (χ3n) is 7.41. The lowest BCUT2D eigenvalue weighted by Crippen LogP contribution is -2.38. The Bertz CT molecular complexity index is 1270. The quantitative estimate of drug-likeness (QED) is 0.533. The molecule has 1 amide bonds. The van der Waals surface area contributed by atoms with E-state index in [1.165, 1.54) is 0 Å². The summed E-state index contributed by atoms with van der Waals surface area (Å²) in [6, 6.07) is 5.74. The Hall–Kier alpha value is -3.36. The van der Waals surface area contributed by atoms with Crippen molar-refractivity contribution in [1.82, 2.24) is 14.5 Å². The number of carboxylic acids is 1. The van der Waals surface area contributed by atoms with Crippen LogP contribution in [0.1, 0.15) is 48.9 Å². The van der Waals surface area contributed by atoms with Gasteiger partial charge < -0.3 is 14.6 Å². The third-order valence-corrected chi connectivity index (χ3v) is 7.41. The number of benzene rings is 1. The molecule has 5 rings (SSSR count). The zero-order valence-corrected chi connectivity index (χ0v) is 19.1. The largest absolute Gasteiger partial charge is 0.481 e. The van der Waals surface area contributed by atoms with Gasteiger partial charge in [-0.2, -0.15) is 0 Å². The number of nitrogens with zero attached hydrogens (tertiary/aromatic N) is 3. The number of hydrogen-bond acceptors (Lipinski definition) is 3. The average Bonchev–Trinajstić information content (AvgIpc) is 3.15. The molecule has 0 spiro atoms. The van der Waals surface area contributed by atoms with E-state index >= 15 is 0 Å². The van der Waals surface area contributed by atoms with Gasteiger partial charge in [-0.05, 0) is 73.4 Å². The van der Waals surface area contributed by atoms with Gasteiger partial charge in [0, 0.05) is 36.8 Å². The SMILES string of the molecule is O=C(C[C@H]1CC[C@H](C(=O)O)CC1)N1CCc2c(n(Cc3cc(F)c(F)c(F)c3)c3ncccc23)C1. The fraction of sp³-hybridized carbons (Fsp3) is 0.423. The van der Waals surface area contributed by atoms with Crippen molar-refractivity contribution in [2.45, 2.75) is 51.6 Å². The van der Waals surface area contributed by atoms with Crippen molar-refractivity contribution in [1.29, 1.82) is 0 Å². The molecule has 1 aliphatic carbocycles. The summed E-state index contributed by atoms with van der Waals surface area (Å²) in [7, 11) is 0. The van der Waals surface area contributed by atoms with Gasteiger partial charge in [0.15, 0.2) is 17.5 Å². The van der Waals surface area contributed by atoms with Crippen LogP contribution >= 0.6 is 0 Å². The summed E-state index contributed by atoms with van der Waals surface area (Å²) >= 11 is 0. The molecule has 1 aromatic carbocycles. The van der Waals surface area contributed by atoms with Gasteiger partial charge in [0.05, 0.1) is 12.5 Å². The fourth-order valence-electron chi connectivity index (χ4n) is 5.51. The Morgan fingerprint density at radius 3 is 2.49 bits per heavy atom. The van der Waals surface area contributed by atoms with Gasteiger partial charge in [0.1, 0.15) is 5.65 Å². The lowest BCUT2D eigenvalue weighted by molar-refractivity contribution is -0.143. The Labute approximate surface area is 200 Å². The van der Waals surface area contributed by atoms with E-state index in [0.717, 1.165) is 41.6 Å². The van der Waals surface area contributed by atoms with Gasteiger partial charge in [-0.1, -0.05) is 0 Å². The number of carboxylic acid groups (broad SMARTS) is 1. The van der Waals surface area contributed by atoms with Crippen LogP contribution in [0.25, 0.3) is 11.0 Å². The molecule has 0 bridgehead atoms. The van der Waals surface area contributed by atoms with E-state index in [0.29, 0.717) is 44.4 Å². The smallest absolute Gasteiger partial charge is 0.306 e. The molecule has 0 saturated heterocycles. The molecule has 0 unspecified atom stereocenters. The van der Waals surface area contributed by atoms with Gasteiger partial charge >= 0.3 is 5.97 Å². The molecule has 3 aromatic rings. The predicted octanol–water partition coefficient (Wildman–Crippen LogP) is 4.67. The highest BCUT2D eigenvalue weighted by atomic mass is 19.2. The normalized spacial score (nSPS) is 20.1. The molecule has 184 valence electrons. The van der Waals surface area contributed by atoms with Crippen LogP contribution in [-0.4, -0.2) is 38.0 Å². The van der Waals surface area contributed by atoms with E-state index in [2.05, 4.69) is 4.98 Å². The Morgan fingerprint density at radius 1 is 1.09 bits per heavy atom. The molecule has 35 heavy (non-hydrogen) atoms. The van der Waals surface area contributed by atoms with Crippen molar-refractivity contribution < 1.29 is 27.9 Å². The van der Waals surface area contributed by atoms with Gasteiger partial charge in [0.25, 0.3) is 0 Å². The van der Waals surface area contributed by atoms with E-state index in [4.69, 9.17) is 0 Å². The number of aliphatic carboxylic acids is 1. The predicted molar refractivity (Wildman–Crippen MR) is 122 cm³/mol. The number of amides is 1. The minimum atomic E-state index is -1.50. The molecule has 0 atom stereocenters. The summed E-state index contributed by atoms with van der Waals surface area (Å²) in [5.41, 5.74) is 2.84. The zero-order valence-electron chi connectivity index (χ0n) is 19.1. The topological polar surface area (TPSA) is 75.4 Å².